The highest BCUT2D eigenvalue weighted by Crippen LogP contribution is 2.27. The number of fused-ring (bicyclic) bond motifs is 1. The second-order valence-corrected chi connectivity index (χ2v) is 9.14. The van der Waals surface area contributed by atoms with Gasteiger partial charge in [0, 0.05) is 43.8 Å². The van der Waals surface area contributed by atoms with Gasteiger partial charge in [0.15, 0.2) is 0 Å². The maximum absolute atomic E-state index is 10.6. The number of aryl methyl sites for hydroxylation is 1. The number of rotatable bonds is 4. The molecule has 10 nitrogen and oxygen atoms in total. The molecule has 0 spiro atoms. The largest absolute Gasteiger partial charge is 0.490 e. The van der Waals surface area contributed by atoms with Crippen molar-refractivity contribution in [1.82, 2.24) is 24.7 Å². The molecule has 230 valence electrons. The van der Waals surface area contributed by atoms with E-state index in [1.165, 1.54) is 16.7 Å². The Morgan fingerprint density at radius 1 is 0.907 bits per heavy atom. The molecule has 0 bridgehead atoms. The molecule has 5 rings (SSSR count). The summed E-state index contributed by atoms with van der Waals surface area (Å²) in [5.41, 5.74) is 6.71. The number of aliphatic carboxylic acids is 2. The van der Waals surface area contributed by atoms with Crippen molar-refractivity contribution in [3.05, 3.63) is 83.9 Å². The number of benzene rings is 1. The number of morpholine rings is 1. The number of halogens is 6. The van der Waals surface area contributed by atoms with Crippen molar-refractivity contribution < 1.29 is 50.9 Å². The van der Waals surface area contributed by atoms with Crippen molar-refractivity contribution in [2.24, 2.45) is 0 Å². The van der Waals surface area contributed by atoms with E-state index in [2.05, 4.69) is 75.7 Å². The fourth-order valence-electron chi connectivity index (χ4n) is 3.82. The number of hydrogen-bond acceptors (Lipinski definition) is 7. The molecule has 16 heteroatoms. The second-order valence-electron chi connectivity index (χ2n) is 9.14. The maximum Gasteiger partial charge on any atom is 0.490 e. The van der Waals surface area contributed by atoms with Crippen LogP contribution in [0.5, 0.6) is 0 Å². The van der Waals surface area contributed by atoms with Crippen LogP contribution in [-0.4, -0.2) is 78.9 Å². The Labute approximate surface area is 240 Å². The van der Waals surface area contributed by atoms with Crippen molar-refractivity contribution in [2.75, 3.05) is 19.7 Å². The Morgan fingerprint density at radius 2 is 1.47 bits per heavy atom. The first kappa shape index (κ1) is 32.9. The summed E-state index contributed by atoms with van der Waals surface area (Å²) in [5.74, 6) is -5.51. The number of carbonyl (C=O) groups is 2. The van der Waals surface area contributed by atoms with E-state index < -0.39 is 24.3 Å². The van der Waals surface area contributed by atoms with E-state index in [4.69, 9.17) is 24.5 Å². The summed E-state index contributed by atoms with van der Waals surface area (Å²) in [5, 5.41) is 23.1. The molecule has 1 unspecified atom stereocenters. The molecule has 0 amide bonds. The van der Waals surface area contributed by atoms with Gasteiger partial charge in [-0.15, -0.1) is 5.10 Å². The summed E-state index contributed by atoms with van der Waals surface area (Å²) in [6, 6.07) is 16.9. The van der Waals surface area contributed by atoms with Crippen LogP contribution < -0.4 is 0 Å². The molecule has 1 aliphatic heterocycles. The topological polar surface area (TPSA) is 130 Å². The highest BCUT2D eigenvalue weighted by atomic mass is 19.4. The maximum atomic E-state index is 10.6. The highest BCUT2D eigenvalue weighted by Gasteiger charge is 2.38. The van der Waals surface area contributed by atoms with Crippen LogP contribution in [0.2, 0.25) is 0 Å². The quantitative estimate of drug-likeness (QED) is 0.308. The lowest BCUT2D eigenvalue weighted by Gasteiger charge is -2.32. The first-order valence-corrected chi connectivity index (χ1v) is 12.4. The molecule has 2 N–H and O–H groups in total. The van der Waals surface area contributed by atoms with Gasteiger partial charge in [-0.2, -0.15) is 26.3 Å². The lowest BCUT2D eigenvalue weighted by atomic mass is 10.1. The Kier molecular flexibility index (Phi) is 10.8. The van der Waals surface area contributed by atoms with Crippen LogP contribution in [0, 0.1) is 6.92 Å². The van der Waals surface area contributed by atoms with E-state index in [0.717, 1.165) is 36.4 Å². The number of carboxylic acid groups (broad SMARTS) is 2. The van der Waals surface area contributed by atoms with Crippen molar-refractivity contribution in [3.63, 3.8) is 0 Å². The number of nitrogens with zero attached hydrogens (tertiary/aromatic N) is 5. The fraction of sp³-hybridized carbons (Fsp3) is 0.296. The molecule has 0 radical (unpaired) electrons. The SMILES string of the molecule is Cc1ccc(-c2ccc3c(C4CN(Cc5ccncc5)CCO4)nnn3c2)cc1.O=C(O)C(F)(F)F.O=C(O)C(F)(F)F. The van der Waals surface area contributed by atoms with Crippen molar-refractivity contribution >= 4 is 17.5 Å². The Morgan fingerprint density at radius 3 is 2.02 bits per heavy atom. The van der Waals surface area contributed by atoms with Crippen LogP contribution in [0.3, 0.4) is 0 Å². The number of hydrogen-bond donors (Lipinski definition) is 2. The van der Waals surface area contributed by atoms with Crippen LogP contribution in [0.25, 0.3) is 16.6 Å². The zero-order valence-corrected chi connectivity index (χ0v) is 22.4. The number of pyridine rings is 2. The summed E-state index contributed by atoms with van der Waals surface area (Å²) in [4.78, 5) is 24.3. The number of ether oxygens (including phenoxy) is 1. The number of alkyl halides is 6. The molecule has 0 aliphatic carbocycles. The lowest BCUT2D eigenvalue weighted by molar-refractivity contribution is -0.193. The van der Waals surface area contributed by atoms with Crippen LogP contribution in [0.1, 0.15) is 22.9 Å². The molecule has 1 saturated heterocycles. The standard InChI is InChI=1S/C23H23N5O.2C2HF3O2/c1-17-2-4-19(5-3-17)20-6-7-21-23(25-26-28(21)15-20)22-16-27(12-13-29-22)14-18-8-10-24-11-9-18;2*3-2(4,5)1(6)7/h2-11,15,22H,12-14,16H2,1H3;2*(H,6,7). The third-order valence-electron chi connectivity index (χ3n) is 5.92. The molecule has 3 aromatic heterocycles. The van der Waals surface area contributed by atoms with Gasteiger partial charge in [-0.3, -0.25) is 9.88 Å². The van der Waals surface area contributed by atoms with Crippen LogP contribution in [0.15, 0.2) is 67.1 Å². The normalized spacial score (nSPS) is 15.6. The molecular formula is C27H25F6N5O5. The van der Waals surface area contributed by atoms with E-state index in [1.54, 1.807) is 0 Å². The van der Waals surface area contributed by atoms with Gasteiger partial charge in [-0.05, 0) is 36.2 Å². The summed E-state index contributed by atoms with van der Waals surface area (Å²) in [6.45, 7) is 5.39. The zero-order chi connectivity index (χ0) is 31.8. The van der Waals surface area contributed by atoms with Gasteiger partial charge in [-0.25, -0.2) is 14.1 Å². The molecule has 4 aromatic rings. The van der Waals surface area contributed by atoms with Crippen molar-refractivity contribution in [2.45, 2.75) is 31.9 Å². The van der Waals surface area contributed by atoms with Gasteiger partial charge in [-0.1, -0.05) is 41.1 Å². The first-order chi connectivity index (χ1) is 20.1. The highest BCUT2D eigenvalue weighted by molar-refractivity contribution is 5.73. The average Bonchev–Trinajstić information content (AvgIpc) is 3.37. The predicted octanol–water partition coefficient (Wildman–Crippen LogP) is 4.94. The third-order valence-corrected chi connectivity index (χ3v) is 5.92. The molecule has 1 aromatic carbocycles. The molecule has 0 saturated carbocycles. The summed E-state index contributed by atoms with van der Waals surface area (Å²) >= 11 is 0. The average molecular weight is 614 g/mol. The third kappa shape index (κ3) is 9.75. The predicted molar refractivity (Wildman–Crippen MR) is 139 cm³/mol. The van der Waals surface area contributed by atoms with Gasteiger partial charge in [0.1, 0.15) is 11.8 Å². The summed E-state index contributed by atoms with van der Waals surface area (Å²) in [6.07, 6.45) is -4.53. The number of carboxylic acids is 2. The molecule has 1 fully saturated rings. The number of aromatic nitrogens is 4. The molecule has 43 heavy (non-hydrogen) atoms. The van der Waals surface area contributed by atoms with E-state index in [-0.39, 0.29) is 6.10 Å². The van der Waals surface area contributed by atoms with Gasteiger partial charge < -0.3 is 14.9 Å². The van der Waals surface area contributed by atoms with Crippen LogP contribution in [-0.2, 0) is 20.9 Å². The van der Waals surface area contributed by atoms with E-state index >= 15 is 0 Å². The monoisotopic (exact) mass is 613 g/mol. The minimum absolute atomic E-state index is 0.0756. The van der Waals surface area contributed by atoms with Gasteiger partial charge in [0.25, 0.3) is 0 Å². The van der Waals surface area contributed by atoms with E-state index in [1.807, 2.05) is 23.1 Å². The van der Waals surface area contributed by atoms with Crippen molar-refractivity contribution in [1.29, 1.82) is 0 Å². The molecule has 1 aliphatic rings. The smallest absolute Gasteiger partial charge is 0.475 e. The van der Waals surface area contributed by atoms with Crippen LogP contribution >= 0.6 is 0 Å². The second kappa shape index (κ2) is 14.1. The van der Waals surface area contributed by atoms with Gasteiger partial charge in [0.2, 0.25) is 0 Å². The van der Waals surface area contributed by atoms with Crippen LogP contribution in [0.4, 0.5) is 26.3 Å². The summed E-state index contributed by atoms with van der Waals surface area (Å²) in [7, 11) is 0. The fourth-order valence-corrected chi connectivity index (χ4v) is 3.82. The lowest BCUT2D eigenvalue weighted by Crippen LogP contribution is -2.38. The molecule has 4 heterocycles. The van der Waals surface area contributed by atoms with Gasteiger partial charge >= 0.3 is 24.3 Å². The summed E-state index contributed by atoms with van der Waals surface area (Å²) < 4.78 is 71.4. The van der Waals surface area contributed by atoms with Crippen molar-refractivity contribution in [3.8, 4) is 11.1 Å². The Bertz CT molecular complexity index is 1490. The Balaban J connectivity index is 0.000000303. The van der Waals surface area contributed by atoms with E-state index in [9.17, 15) is 26.3 Å². The Hall–Kier alpha value is -4.57. The minimum Gasteiger partial charge on any atom is -0.475 e. The zero-order valence-electron chi connectivity index (χ0n) is 22.4. The van der Waals surface area contributed by atoms with Gasteiger partial charge in [0.05, 0.1) is 12.1 Å². The molecule has 1 atom stereocenters. The van der Waals surface area contributed by atoms with E-state index in [0.29, 0.717) is 6.61 Å². The first-order valence-electron chi connectivity index (χ1n) is 12.4. The minimum atomic E-state index is -5.08. The molecular weight excluding hydrogens is 588 g/mol.